The number of rotatable bonds is 7. The summed E-state index contributed by atoms with van der Waals surface area (Å²) in [4.78, 5) is 16.6. The van der Waals surface area contributed by atoms with Crippen molar-refractivity contribution in [2.45, 2.75) is 45.6 Å². The molecular formula is C18H31N5. The molecule has 0 saturated carbocycles. The summed E-state index contributed by atoms with van der Waals surface area (Å²) in [7, 11) is 0. The fourth-order valence-corrected chi connectivity index (χ4v) is 3.58. The normalized spacial score (nSPS) is 19.7. The Labute approximate surface area is 140 Å². The SMILES string of the molecule is CCN(CCN1CCCC1)Cc1cnc(N2CCCCC2)nc1. The Hall–Kier alpha value is -1.20. The van der Waals surface area contributed by atoms with Crippen LogP contribution in [0.3, 0.4) is 0 Å². The number of likely N-dealkylation sites (tertiary alicyclic amines) is 1. The Morgan fingerprint density at radius 2 is 1.61 bits per heavy atom. The van der Waals surface area contributed by atoms with E-state index in [-0.39, 0.29) is 0 Å². The van der Waals surface area contributed by atoms with Gasteiger partial charge in [0.2, 0.25) is 5.95 Å². The van der Waals surface area contributed by atoms with Crippen LogP contribution in [-0.4, -0.2) is 65.6 Å². The predicted octanol–water partition coefficient (Wildman–Crippen LogP) is 2.38. The molecule has 0 aliphatic carbocycles. The zero-order valence-corrected chi connectivity index (χ0v) is 14.6. The minimum atomic E-state index is 0.911. The van der Waals surface area contributed by atoms with Gasteiger partial charge in [0.25, 0.3) is 0 Å². The van der Waals surface area contributed by atoms with Gasteiger partial charge in [-0.25, -0.2) is 9.97 Å². The molecule has 0 unspecified atom stereocenters. The van der Waals surface area contributed by atoms with Gasteiger partial charge in [0.1, 0.15) is 0 Å². The average Bonchev–Trinajstić information content (AvgIpc) is 3.13. The molecule has 1 aromatic heterocycles. The molecule has 2 aliphatic rings. The van der Waals surface area contributed by atoms with Crippen LogP contribution in [0.5, 0.6) is 0 Å². The highest BCUT2D eigenvalue weighted by Crippen LogP contribution is 2.15. The molecule has 0 atom stereocenters. The number of likely N-dealkylation sites (N-methyl/N-ethyl adjacent to an activating group) is 1. The number of hydrogen-bond donors (Lipinski definition) is 0. The molecule has 2 aliphatic heterocycles. The topological polar surface area (TPSA) is 35.5 Å². The first kappa shape index (κ1) is 16.7. The molecule has 0 spiro atoms. The fourth-order valence-electron chi connectivity index (χ4n) is 3.58. The molecule has 128 valence electrons. The third-order valence-corrected chi connectivity index (χ3v) is 5.12. The Morgan fingerprint density at radius 1 is 0.957 bits per heavy atom. The third kappa shape index (κ3) is 4.88. The van der Waals surface area contributed by atoms with E-state index in [4.69, 9.17) is 0 Å². The summed E-state index contributed by atoms with van der Waals surface area (Å²) in [6, 6.07) is 0. The van der Waals surface area contributed by atoms with Gasteiger partial charge in [-0.2, -0.15) is 0 Å². The monoisotopic (exact) mass is 317 g/mol. The zero-order valence-electron chi connectivity index (χ0n) is 14.6. The summed E-state index contributed by atoms with van der Waals surface area (Å²) >= 11 is 0. The van der Waals surface area contributed by atoms with Crippen molar-refractivity contribution in [3.8, 4) is 0 Å². The molecule has 2 saturated heterocycles. The van der Waals surface area contributed by atoms with Crippen LogP contribution in [-0.2, 0) is 6.54 Å². The molecule has 5 heteroatoms. The Morgan fingerprint density at radius 3 is 2.26 bits per heavy atom. The lowest BCUT2D eigenvalue weighted by molar-refractivity contribution is 0.226. The Kier molecular flexibility index (Phi) is 6.22. The van der Waals surface area contributed by atoms with Crippen molar-refractivity contribution in [1.82, 2.24) is 19.8 Å². The largest absolute Gasteiger partial charge is 0.341 e. The second kappa shape index (κ2) is 8.60. The van der Waals surface area contributed by atoms with Crippen molar-refractivity contribution in [2.24, 2.45) is 0 Å². The number of piperidine rings is 1. The Balaban J connectivity index is 1.49. The maximum Gasteiger partial charge on any atom is 0.225 e. The highest BCUT2D eigenvalue weighted by atomic mass is 15.2. The Bertz CT molecular complexity index is 449. The highest BCUT2D eigenvalue weighted by Gasteiger charge is 2.15. The van der Waals surface area contributed by atoms with Crippen molar-refractivity contribution in [1.29, 1.82) is 0 Å². The lowest BCUT2D eigenvalue weighted by atomic mass is 10.1. The first-order chi connectivity index (χ1) is 11.3. The summed E-state index contributed by atoms with van der Waals surface area (Å²) < 4.78 is 0. The molecule has 2 fully saturated rings. The van der Waals surface area contributed by atoms with Gasteiger partial charge in [0, 0.05) is 50.7 Å². The van der Waals surface area contributed by atoms with E-state index in [1.165, 1.54) is 57.3 Å². The van der Waals surface area contributed by atoms with Gasteiger partial charge >= 0.3 is 0 Å². The standard InChI is InChI=1S/C18H31N5/c1-2-21(12-13-22-8-6-7-9-22)16-17-14-19-18(20-15-17)23-10-4-3-5-11-23/h14-15H,2-13,16H2,1H3. The molecule has 5 nitrogen and oxygen atoms in total. The molecule has 3 rings (SSSR count). The smallest absolute Gasteiger partial charge is 0.225 e. The lowest BCUT2D eigenvalue weighted by Gasteiger charge is -2.27. The van der Waals surface area contributed by atoms with E-state index in [1.807, 2.05) is 12.4 Å². The highest BCUT2D eigenvalue weighted by molar-refractivity contribution is 5.30. The first-order valence-electron chi connectivity index (χ1n) is 9.36. The van der Waals surface area contributed by atoms with Crippen LogP contribution >= 0.6 is 0 Å². The second-order valence-electron chi connectivity index (χ2n) is 6.86. The van der Waals surface area contributed by atoms with Crippen LogP contribution in [0, 0.1) is 0 Å². The first-order valence-corrected chi connectivity index (χ1v) is 9.36. The summed E-state index contributed by atoms with van der Waals surface area (Å²) in [5, 5.41) is 0. The molecule has 0 aromatic carbocycles. The van der Waals surface area contributed by atoms with Gasteiger partial charge < -0.3 is 9.80 Å². The van der Waals surface area contributed by atoms with Crippen LogP contribution in [0.15, 0.2) is 12.4 Å². The van der Waals surface area contributed by atoms with E-state index in [0.29, 0.717) is 0 Å². The molecule has 0 amide bonds. The number of hydrogen-bond acceptors (Lipinski definition) is 5. The lowest BCUT2D eigenvalue weighted by Crippen LogP contribution is -2.33. The van der Waals surface area contributed by atoms with E-state index in [0.717, 1.165) is 38.7 Å². The number of anilines is 1. The van der Waals surface area contributed by atoms with E-state index in [1.54, 1.807) is 0 Å². The molecule has 23 heavy (non-hydrogen) atoms. The summed E-state index contributed by atoms with van der Waals surface area (Å²) in [5.74, 6) is 0.911. The van der Waals surface area contributed by atoms with Crippen molar-refractivity contribution >= 4 is 5.95 Å². The van der Waals surface area contributed by atoms with Crippen LogP contribution in [0.25, 0.3) is 0 Å². The van der Waals surface area contributed by atoms with Crippen LogP contribution in [0.1, 0.15) is 44.6 Å². The van der Waals surface area contributed by atoms with Crippen LogP contribution in [0.4, 0.5) is 5.95 Å². The fraction of sp³-hybridized carbons (Fsp3) is 0.778. The molecule has 0 bridgehead atoms. The maximum absolute atomic E-state index is 4.61. The molecule has 0 radical (unpaired) electrons. The summed E-state index contributed by atoms with van der Waals surface area (Å²) in [5.41, 5.74) is 1.23. The quantitative estimate of drug-likeness (QED) is 0.771. The van der Waals surface area contributed by atoms with Crippen molar-refractivity contribution in [3.05, 3.63) is 18.0 Å². The zero-order chi connectivity index (χ0) is 15.9. The van der Waals surface area contributed by atoms with E-state index >= 15 is 0 Å². The second-order valence-corrected chi connectivity index (χ2v) is 6.86. The van der Waals surface area contributed by atoms with Crippen molar-refractivity contribution < 1.29 is 0 Å². The van der Waals surface area contributed by atoms with Gasteiger partial charge in [0.15, 0.2) is 0 Å². The molecular weight excluding hydrogens is 286 g/mol. The maximum atomic E-state index is 4.61. The third-order valence-electron chi connectivity index (χ3n) is 5.12. The van der Waals surface area contributed by atoms with Crippen LogP contribution < -0.4 is 4.90 Å². The van der Waals surface area contributed by atoms with Gasteiger partial charge in [0.05, 0.1) is 0 Å². The molecule has 0 N–H and O–H groups in total. The van der Waals surface area contributed by atoms with Crippen molar-refractivity contribution in [3.63, 3.8) is 0 Å². The average molecular weight is 317 g/mol. The van der Waals surface area contributed by atoms with Crippen LogP contribution in [0.2, 0.25) is 0 Å². The summed E-state index contributed by atoms with van der Waals surface area (Å²) in [6.07, 6.45) is 10.7. The van der Waals surface area contributed by atoms with Gasteiger partial charge in [-0.05, 0) is 51.7 Å². The van der Waals surface area contributed by atoms with Crippen molar-refractivity contribution in [2.75, 3.05) is 50.7 Å². The number of aromatic nitrogens is 2. The number of nitrogens with zero attached hydrogens (tertiary/aromatic N) is 5. The summed E-state index contributed by atoms with van der Waals surface area (Å²) in [6.45, 7) is 11.4. The van der Waals surface area contributed by atoms with Gasteiger partial charge in [-0.1, -0.05) is 6.92 Å². The molecule has 1 aromatic rings. The van der Waals surface area contributed by atoms with Gasteiger partial charge in [-0.15, -0.1) is 0 Å². The van der Waals surface area contributed by atoms with E-state index in [2.05, 4.69) is 31.6 Å². The van der Waals surface area contributed by atoms with E-state index in [9.17, 15) is 0 Å². The van der Waals surface area contributed by atoms with E-state index < -0.39 is 0 Å². The predicted molar refractivity (Wildman–Crippen MR) is 94.7 cm³/mol. The molecule has 3 heterocycles. The van der Waals surface area contributed by atoms with Gasteiger partial charge in [-0.3, -0.25) is 4.90 Å². The minimum absolute atomic E-state index is 0.911. The minimum Gasteiger partial charge on any atom is -0.341 e.